The molecule has 4 heteroatoms. The van der Waals surface area contributed by atoms with Gasteiger partial charge in [-0.05, 0) is 6.42 Å². The molecule has 1 rings (SSSR count). The average molecular weight is 132 g/mol. The summed E-state index contributed by atoms with van der Waals surface area (Å²) in [5, 5.41) is 5.52. The monoisotopic (exact) mass is 132 g/mol. The predicted octanol–water partition coefficient (Wildman–Crippen LogP) is -0.745. The second-order valence-corrected chi connectivity index (χ2v) is 2.13. The minimum Gasteiger partial charge on any atom is -0.355 e. The summed E-state index contributed by atoms with van der Waals surface area (Å²) < 4.78 is 0. The van der Waals surface area contributed by atoms with E-state index in [0.29, 0.717) is 0 Å². The zero-order valence-corrected chi connectivity index (χ0v) is 5.63. The number of nitrogens with one attached hydrogen (secondary N) is 2. The summed E-state index contributed by atoms with van der Waals surface area (Å²) in [6.07, 6.45) is 0.905. The summed E-state index contributed by atoms with van der Waals surface area (Å²) in [4.78, 5) is 10.6. The minimum absolute atomic E-state index is 0.0278. The molecule has 1 aliphatic heterocycles. The number of hydrogen-bond donors (Lipinski definition) is 2. The van der Waals surface area contributed by atoms with Crippen LogP contribution in [0, 0.1) is 0 Å². The van der Waals surface area contributed by atoms with Crippen molar-refractivity contribution in [1.29, 1.82) is 0 Å². The van der Waals surface area contributed by atoms with Crippen LogP contribution in [0.5, 0.6) is 0 Å². The van der Waals surface area contributed by atoms with Gasteiger partial charge in [0.1, 0.15) is 0 Å². The highest BCUT2D eigenvalue weighted by molar-refractivity contribution is 7.13. The van der Waals surface area contributed by atoms with Crippen molar-refractivity contribution in [2.24, 2.45) is 0 Å². The third-order valence-corrected chi connectivity index (χ3v) is 1.65. The Hall–Kier alpha value is -0.140. The topological polar surface area (TPSA) is 41.1 Å². The number of hydrogen-bond acceptors (Lipinski definition) is 2. The van der Waals surface area contributed by atoms with Crippen molar-refractivity contribution in [3.63, 3.8) is 0 Å². The van der Waals surface area contributed by atoms with E-state index in [-0.39, 0.29) is 11.9 Å². The third-order valence-electron chi connectivity index (χ3n) is 1.25. The molecule has 0 aromatic carbocycles. The Bertz CT molecular complexity index is 106. The molecule has 0 saturated carbocycles. The van der Waals surface area contributed by atoms with Crippen molar-refractivity contribution in [3.05, 3.63) is 0 Å². The van der Waals surface area contributed by atoms with Crippen LogP contribution >= 0.6 is 9.39 Å². The van der Waals surface area contributed by atoms with E-state index >= 15 is 0 Å². The zero-order chi connectivity index (χ0) is 5.98. The Kier molecular flexibility index (Phi) is 1.81. The molecule has 1 unspecified atom stereocenters. The van der Waals surface area contributed by atoms with E-state index in [9.17, 15) is 4.79 Å². The van der Waals surface area contributed by atoms with Crippen molar-refractivity contribution < 1.29 is 4.79 Å². The van der Waals surface area contributed by atoms with Gasteiger partial charge < -0.3 is 5.32 Å². The van der Waals surface area contributed by atoms with Gasteiger partial charge >= 0.3 is 0 Å². The second kappa shape index (κ2) is 2.42. The molecule has 1 heterocycles. The van der Waals surface area contributed by atoms with Gasteiger partial charge in [-0.3, -0.25) is 9.88 Å². The fourth-order valence-corrected chi connectivity index (χ4v) is 1.07. The molecule has 0 aromatic rings. The van der Waals surface area contributed by atoms with Crippen LogP contribution in [0.2, 0.25) is 0 Å². The van der Waals surface area contributed by atoms with Gasteiger partial charge in [-0.1, -0.05) is 9.39 Å². The molecule has 46 valence electrons. The Morgan fingerprint density at radius 3 is 2.88 bits per heavy atom. The lowest BCUT2D eigenvalue weighted by molar-refractivity contribution is -0.120. The maximum atomic E-state index is 10.6. The summed E-state index contributed by atoms with van der Waals surface area (Å²) in [6.45, 7) is 0.810. The van der Waals surface area contributed by atoms with Crippen LogP contribution in [-0.2, 0) is 4.79 Å². The van der Waals surface area contributed by atoms with Crippen molar-refractivity contribution in [1.82, 2.24) is 10.4 Å². The number of carbonyl (C=O) groups is 1. The molecule has 1 saturated heterocycles. The van der Waals surface area contributed by atoms with Crippen LogP contribution < -0.4 is 10.4 Å². The zero-order valence-electron chi connectivity index (χ0n) is 4.48. The molecule has 2 atom stereocenters. The first kappa shape index (κ1) is 5.99. The first-order valence-corrected chi connectivity index (χ1v) is 3.16. The fraction of sp³-hybridized carbons (Fsp3) is 0.750. The van der Waals surface area contributed by atoms with Gasteiger partial charge in [-0.25, -0.2) is 0 Å². The summed E-state index contributed by atoms with van der Waals surface area (Å²) in [6, 6.07) is 0.0278. The van der Waals surface area contributed by atoms with Crippen LogP contribution in [0.1, 0.15) is 6.42 Å². The van der Waals surface area contributed by atoms with Gasteiger partial charge in [0.05, 0.1) is 6.04 Å². The van der Waals surface area contributed by atoms with Gasteiger partial charge in [0, 0.05) is 6.54 Å². The number of rotatable bonds is 1. The van der Waals surface area contributed by atoms with E-state index in [4.69, 9.17) is 0 Å². The Morgan fingerprint density at radius 1 is 1.88 bits per heavy atom. The van der Waals surface area contributed by atoms with Gasteiger partial charge in [0.2, 0.25) is 5.91 Å². The van der Waals surface area contributed by atoms with E-state index in [1.807, 2.05) is 0 Å². The largest absolute Gasteiger partial charge is 0.355 e. The average Bonchev–Trinajstić information content (AvgIpc) is 2.14. The van der Waals surface area contributed by atoms with Crippen molar-refractivity contribution in [3.8, 4) is 0 Å². The molecule has 0 aliphatic carbocycles. The molecule has 1 aliphatic rings. The smallest absolute Gasteiger partial charge is 0.237 e. The van der Waals surface area contributed by atoms with Crippen LogP contribution in [-0.4, -0.2) is 18.5 Å². The SMILES string of the molecule is O=C1NCC[C@@H]1NP. The quantitative estimate of drug-likeness (QED) is 0.461. The molecule has 0 aromatic heterocycles. The van der Waals surface area contributed by atoms with E-state index < -0.39 is 0 Å². The molecular formula is C4H9N2OP. The van der Waals surface area contributed by atoms with E-state index in [1.54, 1.807) is 0 Å². The summed E-state index contributed by atoms with van der Waals surface area (Å²) in [5.41, 5.74) is 0. The normalized spacial score (nSPS) is 28.1. The van der Waals surface area contributed by atoms with Gasteiger partial charge in [-0.15, -0.1) is 0 Å². The van der Waals surface area contributed by atoms with Crippen LogP contribution in [0.4, 0.5) is 0 Å². The van der Waals surface area contributed by atoms with Crippen molar-refractivity contribution in [2.75, 3.05) is 6.54 Å². The summed E-state index contributed by atoms with van der Waals surface area (Å²) in [5.74, 6) is 0.111. The van der Waals surface area contributed by atoms with Crippen LogP contribution in [0.25, 0.3) is 0 Å². The second-order valence-electron chi connectivity index (χ2n) is 1.80. The lowest BCUT2D eigenvalue weighted by Crippen LogP contribution is -2.29. The predicted molar refractivity (Wildman–Crippen MR) is 34.3 cm³/mol. The fourth-order valence-electron chi connectivity index (χ4n) is 0.753. The Labute approximate surface area is 50.5 Å². The molecule has 0 bridgehead atoms. The van der Waals surface area contributed by atoms with E-state index in [1.165, 1.54) is 0 Å². The number of carbonyl (C=O) groups excluding carboxylic acids is 1. The standard InChI is InChI=1S/C4H9N2OP/c7-4-3(6-8)1-2-5-4/h3,6H,1-2,8H2,(H,5,7)/t3-/m0/s1. The third kappa shape index (κ3) is 0.984. The van der Waals surface area contributed by atoms with Crippen LogP contribution in [0.3, 0.4) is 0 Å². The molecule has 1 amide bonds. The van der Waals surface area contributed by atoms with Gasteiger partial charge in [0.15, 0.2) is 0 Å². The van der Waals surface area contributed by atoms with Gasteiger partial charge in [0.25, 0.3) is 0 Å². The highest BCUT2D eigenvalue weighted by Crippen LogP contribution is 1.99. The molecule has 8 heavy (non-hydrogen) atoms. The molecular weight excluding hydrogens is 123 g/mol. The highest BCUT2D eigenvalue weighted by Gasteiger charge is 2.21. The lowest BCUT2D eigenvalue weighted by Gasteiger charge is -2.00. The summed E-state index contributed by atoms with van der Waals surface area (Å²) >= 11 is 0. The highest BCUT2D eigenvalue weighted by atomic mass is 31.0. The van der Waals surface area contributed by atoms with E-state index in [0.717, 1.165) is 13.0 Å². The summed E-state index contributed by atoms with van der Waals surface area (Å²) in [7, 11) is 2.34. The number of amides is 1. The Balaban J connectivity index is 2.42. The first-order chi connectivity index (χ1) is 3.84. The van der Waals surface area contributed by atoms with E-state index in [2.05, 4.69) is 19.8 Å². The molecule has 2 N–H and O–H groups in total. The molecule has 0 radical (unpaired) electrons. The Morgan fingerprint density at radius 2 is 2.62 bits per heavy atom. The molecule has 0 spiro atoms. The van der Waals surface area contributed by atoms with Crippen molar-refractivity contribution >= 4 is 15.3 Å². The molecule has 1 fully saturated rings. The van der Waals surface area contributed by atoms with Crippen LogP contribution in [0.15, 0.2) is 0 Å². The van der Waals surface area contributed by atoms with Crippen molar-refractivity contribution in [2.45, 2.75) is 12.5 Å². The lowest BCUT2D eigenvalue weighted by atomic mass is 10.3. The molecule has 3 nitrogen and oxygen atoms in total. The minimum atomic E-state index is 0.0278. The van der Waals surface area contributed by atoms with Gasteiger partial charge in [-0.2, -0.15) is 0 Å². The maximum Gasteiger partial charge on any atom is 0.237 e. The first-order valence-electron chi connectivity index (χ1n) is 2.58. The maximum absolute atomic E-state index is 10.6.